The van der Waals surface area contributed by atoms with Crippen LogP contribution in [0.3, 0.4) is 0 Å². The van der Waals surface area contributed by atoms with Gasteiger partial charge in [0.15, 0.2) is 17.8 Å². The van der Waals surface area contributed by atoms with E-state index in [2.05, 4.69) is 17.2 Å². The van der Waals surface area contributed by atoms with Gasteiger partial charge in [-0.1, -0.05) is 26.2 Å². The molecule has 3 rings (SSSR count). The summed E-state index contributed by atoms with van der Waals surface area (Å²) in [5.41, 5.74) is -1.45. The Bertz CT molecular complexity index is 1100. The van der Waals surface area contributed by atoms with E-state index in [1.54, 1.807) is 11.8 Å². The molecule has 10 nitrogen and oxygen atoms in total. The summed E-state index contributed by atoms with van der Waals surface area (Å²) in [6, 6.07) is 0. The van der Waals surface area contributed by atoms with Gasteiger partial charge >= 0.3 is 17.8 Å². The molecule has 0 radical (unpaired) electrons. The first-order chi connectivity index (χ1) is 16.0. The van der Waals surface area contributed by atoms with Gasteiger partial charge in [0.05, 0.1) is 6.54 Å². The second-order valence-corrected chi connectivity index (χ2v) is 8.33. The maximum Gasteiger partial charge on any atom is 0.493 e. The number of hydroxylamine groups is 1. The third kappa shape index (κ3) is 4.78. The van der Waals surface area contributed by atoms with Crippen LogP contribution in [0.5, 0.6) is 0 Å². The molecular weight excluding hydrogens is 457 g/mol. The Morgan fingerprint density at radius 3 is 2.47 bits per heavy atom. The molecule has 0 spiro atoms. The van der Waals surface area contributed by atoms with Crippen LogP contribution in [-0.2, 0) is 23.2 Å². The number of hydrogen-bond acceptors (Lipinski definition) is 8. The Balaban J connectivity index is 2.29. The van der Waals surface area contributed by atoms with Crippen LogP contribution in [0.15, 0.2) is 9.59 Å². The molecule has 34 heavy (non-hydrogen) atoms. The van der Waals surface area contributed by atoms with Gasteiger partial charge in [-0.2, -0.15) is 13.2 Å². The number of anilines is 2. The molecule has 188 valence electrons. The lowest BCUT2D eigenvalue weighted by molar-refractivity contribution is -0.203. The van der Waals surface area contributed by atoms with E-state index in [0.717, 1.165) is 9.63 Å². The third-order valence-corrected chi connectivity index (χ3v) is 5.99. The van der Waals surface area contributed by atoms with Crippen molar-refractivity contribution in [1.29, 1.82) is 0 Å². The lowest BCUT2D eigenvalue weighted by Crippen LogP contribution is -2.61. The van der Waals surface area contributed by atoms with Gasteiger partial charge in [0.1, 0.15) is 0 Å². The number of carbonyl (C=O) groups excluding carboxylic acids is 1. The Morgan fingerprint density at radius 1 is 1.26 bits per heavy atom. The predicted molar refractivity (Wildman–Crippen MR) is 119 cm³/mol. The van der Waals surface area contributed by atoms with Crippen LogP contribution in [0.1, 0.15) is 27.2 Å². The fourth-order valence-electron chi connectivity index (χ4n) is 3.99. The number of aromatic nitrogens is 2. The van der Waals surface area contributed by atoms with Gasteiger partial charge in [-0.3, -0.25) is 18.8 Å². The first kappa shape index (κ1) is 25.6. The number of piperazine rings is 1. The fourth-order valence-corrected chi connectivity index (χ4v) is 3.99. The summed E-state index contributed by atoms with van der Waals surface area (Å²) < 4.78 is 41.8. The number of nitrogens with one attached hydrogen (secondary N) is 1. The molecule has 0 saturated carbocycles. The van der Waals surface area contributed by atoms with E-state index in [1.807, 2.05) is 13.8 Å². The highest BCUT2D eigenvalue weighted by molar-refractivity contribution is 5.80. The van der Waals surface area contributed by atoms with E-state index in [1.165, 1.54) is 16.5 Å². The lowest BCUT2D eigenvalue weighted by atomic mass is 10.1. The van der Waals surface area contributed by atoms with Crippen molar-refractivity contribution in [3.63, 3.8) is 0 Å². The summed E-state index contributed by atoms with van der Waals surface area (Å²) in [5.74, 6) is 2.92. The van der Waals surface area contributed by atoms with Gasteiger partial charge in [0, 0.05) is 39.8 Å². The smallest absolute Gasteiger partial charge is 0.327 e. The number of nitrogens with zero attached hydrogens (tertiary/aromatic N) is 5. The van der Waals surface area contributed by atoms with E-state index in [-0.39, 0.29) is 30.5 Å². The maximum atomic E-state index is 13.3. The van der Waals surface area contributed by atoms with Gasteiger partial charge in [-0.05, 0) is 12.8 Å². The van der Waals surface area contributed by atoms with Crippen molar-refractivity contribution in [2.24, 2.45) is 13.0 Å². The molecule has 1 N–H and O–H groups in total. The molecule has 0 amide bonds. The Hall–Kier alpha value is -2.98. The zero-order chi connectivity index (χ0) is 25.2. The van der Waals surface area contributed by atoms with Crippen LogP contribution < -0.4 is 26.5 Å². The zero-order valence-corrected chi connectivity index (χ0v) is 19.6. The maximum absolute atomic E-state index is 13.3. The molecule has 1 aromatic rings. The Morgan fingerprint density at radius 2 is 1.91 bits per heavy atom. The Labute approximate surface area is 194 Å². The molecule has 1 saturated heterocycles. The lowest BCUT2D eigenvalue weighted by Gasteiger charge is -2.40. The van der Waals surface area contributed by atoms with E-state index in [9.17, 15) is 27.6 Å². The number of carbonyl (C=O) groups is 1. The number of rotatable bonds is 6. The molecule has 1 fully saturated rings. The van der Waals surface area contributed by atoms with Crippen molar-refractivity contribution in [1.82, 2.24) is 19.4 Å². The molecule has 0 bridgehead atoms. The van der Waals surface area contributed by atoms with E-state index < -0.39 is 29.7 Å². The van der Waals surface area contributed by atoms with Crippen molar-refractivity contribution in [3.8, 4) is 11.8 Å². The van der Waals surface area contributed by atoms with Crippen LogP contribution in [-0.4, -0.2) is 65.2 Å². The Kier molecular flexibility index (Phi) is 7.62. The topological polar surface area (TPSA) is 92.0 Å². The third-order valence-electron chi connectivity index (χ3n) is 5.99. The van der Waals surface area contributed by atoms with Gasteiger partial charge in [0.25, 0.3) is 5.56 Å². The van der Waals surface area contributed by atoms with Gasteiger partial charge < -0.3 is 15.1 Å². The van der Waals surface area contributed by atoms with Crippen molar-refractivity contribution in [2.75, 3.05) is 42.7 Å². The van der Waals surface area contributed by atoms with E-state index >= 15 is 0 Å². The van der Waals surface area contributed by atoms with Crippen LogP contribution in [0.2, 0.25) is 0 Å². The molecule has 0 aromatic carbocycles. The molecule has 3 heterocycles. The van der Waals surface area contributed by atoms with Gasteiger partial charge in [0.2, 0.25) is 0 Å². The second kappa shape index (κ2) is 10.1. The summed E-state index contributed by atoms with van der Waals surface area (Å²) in [7, 11) is 1.31. The summed E-state index contributed by atoms with van der Waals surface area (Å²) in [6.45, 7) is 7.38. The first-order valence-corrected chi connectivity index (χ1v) is 11.1. The minimum Gasteiger partial charge on any atom is -0.327 e. The van der Waals surface area contributed by atoms with Crippen LogP contribution in [0.4, 0.5) is 24.7 Å². The molecule has 13 heteroatoms. The number of fused-ring (bicyclic) bond motifs is 1. The standard InChI is InChI=1S/C21H29F3N6O4/c1-5-7-10-28-15-16(29(13-14(3)6-2)20(33)26(4)17(15)31)30(34-18(32)21(22,23)24)19(28)27-11-8-25-9-12-27/h14,19,25H,6,8-13H2,1-4H3. The SMILES string of the molecule is CC#CCN1c2c(n(CC(C)CC)c(=O)n(C)c2=O)N(OC(=O)C(F)(F)F)C1N1CCNCC1. The normalized spacial score (nSPS) is 19.4. The van der Waals surface area contributed by atoms with Crippen LogP contribution >= 0.6 is 0 Å². The largest absolute Gasteiger partial charge is 0.493 e. The second-order valence-electron chi connectivity index (χ2n) is 8.33. The highest BCUT2D eigenvalue weighted by Gasteiger charge is 2.50. The molecule has 1 aromatic heterocycles. The van der Waals surface area contributed by atoms with Crippen LogP contribution in [0.25, 0.3) is 0 Å². The minimum atomic E-state index is -5.27. The van der Waals surface area contributed by atoms with Gasteiger partial charge in [-0.25, -0.2) is 9.59 Å². The molecule has 2 unspecified atom stereocenters. The van der Waals surface area contributed by atoms with E-state index in [0.29, 0.717) is 32.6 Å². The fraction of sp³-hybridized carbons (Fsp3) is 0.667. The average Bonchev–Trinajstić information content (AvgIpc) is 3.12. The highest BCUT2D eigenvalue weighted by atomic mass is 19.4. The summed E-state index contributed by atoms with van der Waals surface area (Å²) in [4.78, 5) is 46.5. The number of hydrogen-bond donors (Lipinski definition) is 1. The molecule has 2 aliphatic rings. The van der Waals surface area contributed by atoms with Crippen LogP contribution in [0, 0.1) is 17.8 Å². The molecule has 2 atom stereocenters. The predicted octanol–water partition coefficient (Wildman–Crippen LogP) is 0.452. The van der Waals surface area contributed by atoms with Gasteiger partial charge in [-0.15, -0.1) is 11.0 Å². The number of alkyl halides is 3. The average molecular weight is 486 g/mol. The molecular formula is C21H29F3N6O4. The number of halogens is 3. The van der Waals surface area contributed by atoms with Crippen molar-refractivity contribution >= 4 is 17.5 Å². The van der Waals surface area contributed by atoms with Crippen molar-refractivity contribution < 1.29 is 22.8 Å². The first-order valence-electron chi connectivity index (χ1n) is 11.1. The van der Waals surface area contributed by atoms with E-state index in [4.69, 9.17) is 4.84 Å². The highest BCUT2D eigenvalue weighted by Crippen LogP contribution is 2.39. The van der Waals surface area contributed by atoms with Crippen molar-refractivity contribution in [3.05, 3.63) is 20.8 Å². The summed E-state index contributed by atoms with van der Waals surface area (Å²) >= 11 is 0. The monoisotopic (exact) mass is 486 g/mol. The minimum absolute atomic E-state index is 0.0189. The summed E-state index contributed by atoms with van der Waals surface area (Å²) in [6.07, 6.45) is -5.67. The van der Waals surface area contributed by atoms with Crippen molar-refractivity contribution in [2.45, 2.75) is 46.2 Å². The molecule has 0 aliphatic carbocycles. The summed E-state index contributed by atoms with van der Waals surface area (Å²) in [5, 5.41) is 3.92. The quantitative estimate of drug-likeness (QED) is 0.580. The zero-order valence-electron chi connectivity index (χ0n) is 19.6. The molecule has 2 aliphatic heterocycles.